The molecular weight excluding hydrogens is 324 g/mol. The summed E-state index contributed by atoms with van der Waals surface area (Å²) in [5.74, 6) is -0.957. The summed E-state index contributed by atoms with van der Waals surface area (Å²) in [6.07, 6.45) is -2.80. The predicted octanol–water partition coefficient (Wildman–Crippen LogP) is 3.81. The molecule has 1 amide bonds. The second-order valence-electron chi connectivity index (χ2n) is 6.08. The normalized spacial score (nSPS) is 17.5. The number of hydrogen-bond donors (Lipinski definition) is 1. The third kappa shape index (κ3) is 6.11. The zero-order valence-electron chi connectivity index (χ0n) is 13.4. The van der Waals surface area contributed by atoms with E-state index >= 15 is 0 Å². The summed E-state index contributed by atoms with van der Waals surface area (Å²) in [6.45, 7) is 1.95. The van der Waals surface area contributed by atoms with E-state index in [0.717, 1.165) is 37.9 Å². The summed E-state index contributed by atoms with van der Waals surface area (Å²) in [4.78, 5) is 13.9. The van der Waals surface area contributed by atoms with E-state index in [4.69, 9.17) is 0 Å². The molecular formula is C17H22F4N2O. The number of benzene rings is 1. The van der Waals surface area contributed by atoms with Crippen LogP contribution in [0.15, 0.2) is 24.3 Å². The topological polar surface area (TPSA) is 32.3 Å². The van der Waals surface area contributed by atoms with Gasteiger partial charge in [0.05, 0.1) is 12.5 Å². The van der Waals surface area contributed by atoms with Gasteiger partial charge in [0, 0.05) is 13.0 Å². The van der Waals surface area contributed by atoms with Gasteiger partial charge >= 0.3 is 6.18 Å². The van der Waals surface area contributed by atoms with Crippen molar-refractivity contribution in [2.75, 3.05) is 19.6 Å². The van der Waals surface area contributed by atoms with E-state index in [9.17, 15) is 22.4 Å². The largest absolute Gasteiger partial charge is 0.389 e. The van der Waals surface area contributed by atoms with Gasteiger partial charge in [-0.25, -0.2) is 4.39 Å². The number of carbonyl (C=O) groups excluding carboxylic acids is 1. The minimum Gasteiger partial charge on any atom is -0.354 e. The molecule has 1 saturated heterocycles. The number of amides is 1. The zero-order chi connectivity index (χ0) is 17.6. The lowest BCUT2D eigenvalue weighted by molar-refractivity contribution is -0.144. The number of carbonyl (C=O) groups is 1. The van der Waals surface area contributed by atoms with Crippen LogP contribution in [0.3, 0.4) is 0 Å². The Labute approximate surface area is 139 Å². The second kappa shape index (κ2) is 8.46. The van der Waals surface area contributed by atoms with Crippen LogP contribution in [0, 0.1) is 5.82 Å². The lowest BCUT2D eigenvalue weighted by Gasteiger charge is -2.35. The van der Waals surface area contributed by atoms with Gasteiger partial charge in [0.2, 0.25) is 5.91 Å². The standard InChI is InChI=1S/C17H22F4N2O/c18-14-6-4-13(5-7-14)15(23-10-2-1-3-11-23)12-22-16(24)8-9-17(19,20)21/h4-7,15H,1-3,8-12H2,(H,22,24)/t15-/m0/s1. The Balaban J connectivity index is 1.98. The molecule has 1 aromatic rings. The van der Waals surface area contributed by atoms with Gasteiger partial charge in [0.25, 0.3) is 0 Å². The van der Waals surface area contributed by atoms with Crippen LogP contribution in [0.25, 0.3) is 0 Å². The first-order valence-electron chi connectivity index (χ1n) is 8.18. The Kier molecular flexibility index (Phi) is 6.60. The SMILES string of the molecule is O=C(CCC(F)(F)F)NC[C@@H](c1ccc(F)cc1)N1CCCCC1. The van der Waals surface area contributed by atoms with Gasteiger partial charge in [-0.15, -0.1) is 0 Å². The maximum absolute atomic E-state index is 13.1. The third-order valence-corrected chi connectivity index (χ3v) is 4.21. The van der Waals surface area contributed by atoms with Crippen molar-refractivity contribution >= 4 is 5.91 Å². The van der Waals surface area contributed by atoms with Gasteiger partial charge in [0.15, 0.2) is 0 Å². The van der Waals surface area contributed by atoms with E-state index < -0.39 is 24.9 Å². The molecule has 0 unspecified atom stereocenters. The van der Waals surface area contributed by atoms with Crippen molar-refractivity contribution in [1.82, 2.24) is 10.2 Å². The smallest absolute Gasteiger partial charge is 0.354 e. The summed E-state index contributed by atoms with van der Waals surface area (Å²) in [7, 11) is 0. The minimum atomic E-state index is -4.33. The average Bonchev–Trinajstić information content (AvgIpc) is 2.55. The van der Waals surface area contributed by atoms with Crippen LogP contribution in [-0.4, -0.2) is 36.6 Å². The molecule has 0 spiro atoms. The third-order valence-electron chi connectivity index (χ3n) is 4.21. The van der Waals surface area contributed by atoms with Gasteiger partial charge in [0.1, 0.15) is 5.82 Å². The van der Waals surface area contributed by atoms with Crippen LogP contribution in [-0.2, 0) is 4.79 Å². The Morgan fingerprint density at radius 2 is 1.75 bits per heavy atom. The molecule has 0 saturated carbocycles. The number of nitrogens with zero attached hydrogens (tertiary/aromatic N) is 1. The molecule has 1 aliphatic rings. The van der Waals surface area contributed by atoms with Crippen molar-refractivity contribution in [2.45, 2.75) is 44.3 Å². The number of hydrogen-bond acceptors (Lipinski definition) is 2. The number of piperidine rings is 1. The van der Waals surface area contributed by atoms with Crippen LogP contribution in [0.5, 0.6) is 0 Å². The van der Waals surface area contributed by atoms with Crippen molar-refractivity contribution in [1.29, 1.82) is 0 Å². The Morgan fingerprint density at radius 3 is 2.33 bits per heavy atom. The van der Waals surface area contributed by atoms with Crippen LogP contribution in [0.2, 0.25) is 0 Å². The van der Waals surface area contributed by atoms with Gasteiger partial charge in [-0.1, -0.05) is 18.6 Å². The molecule has 1 aromatic carbocycles. The highest BCUT2D eigenvalue weighted by atomic mass is 19.4. The first-order chi connectivity index (χ1) is 11.3. The molecule has 2 rings (SSSR count). The summed E-state index contributed by atoms with van der Waals surface area (Å²) < 4.78 is 49.7. The van der Waals surface area contributed by atoms with Crippen molar-refractivity contribution < 1.29 is 22.4 Å². The van der Waals surface area contributed by atoms with E-state index in [1.165, 1.54) is 12.1 Å². The van der Waals surface area contributed by atoms with E-state index in [-0.39, 0.29) is 18.4 Å². The number of likely N-dealkylation sites (tertiary alicyclic amines) is 1. The summed E-state index contributed by atoms with van der Waals surface area (Å²) in [5, 5.41) is 2.59. The highest BCUT2D eigenvalue weighted by molar-refractivity contribution is 5.75. The van der Waals surface area contributed by atoms with Gasteiger partial charge in [-0.2, -0.15) is 13.2 Å². The first kappa shape index (κ1) is 18.7. The fourth-order valence-corrected chi connectivity index (χ4v) is 2.93. The first-order valence-corrected chi connectivity index (χ1v) is 8.18. The number of nitrogens with one attached hydrogen (secondary N) is 1. The fraction of sp³-hybridized carbons (Fsp3) is 0.588. The monoisotopic (exact) mass is 346 g/mol. The molecule has 1 atom stereocenters. The molecule has 1 heterocycles. The molecule has 7 heteroatoms. The summed E-state index contributed by atoms with van der Waals surface area (Å²) >= 11 is 0. The van der Waals surface area contributed by atoms with E-state index in [1.807, 2.05) is 0 Å². The Hall–Kier alpha value is -1.63. The Morgan fingerprint density at radius 1 is 1.12 bits per heavy atom. The van der Waals surface area contributed by atoms with Gasteiger partial charge < -0.3 is 5.32 Å². The highest BCUT2D eigenvalue weighted by Gasteiger charge is 2.28. The van der Waals surface area contributed by atoms with Crippen molar-refractivity contribution in [3.8, 4) is 0 Å². The van der Waals surface area contributed by atoms with Crippen LogP contribution in [0.1, 0.15) is 43.7 Å². The summed E-state index contributed by atoms with van der Waals surface area (Å²) in [5.41, 5.74) is 0.856. The number of alkyl halides is 3. The molecule has 0 aliphatic carbocycles. The number of halogens is 4. The van der Waals surface area contributed by atoms with Crippen LogP contribution < -0.4 is 5.32 Å². The lowest BCUT2D eigenvalue weighted by atomic mass is 10.0. The molecule has 134 valence electrons. The summed E-state index contributed by atoms with van der Waals surface area (Å²) in [6, 6.07) is 5.89. The van der Waals surface area contributed by atoms with Crippen molar-refractivity contribution in [3.05, 3.63) is 35.6 Å². The van der Waals surface area contributed by atoms with Crippen LogP contribution in [0.4, 0.5) is 17.6 Å². The molecule has 1 N–H and O–H groups in total. The van der Waals surface area contributed by atoms with Crippen molar-refractivity contribution in [3.63, 3.8) is 0 Å². The van der Waals surface area contributed by atoms with Gasteiger partial charge in [-0.3, -0.25) is 9.69 Å². The maximum Gasteiger partial charge on any atom is 0.389 e. The zero-order valence-corrected chi connectivity index (χ0v) is 13.4. The molecule has 0 bridgehead atoms. The number of rotatable bonds is 6. The minimum absolute atomic E-state index is 0.152. The average molecular weight is 346 g/mol. The molecule has 24 heavy (non-hydrogen) atoms. The van der Waals surface area contributed by atoms with Crippen LogP contribution >= 0.6 is 0 Å². The van der Waals surface area contributed by atoms with E-state index in [1.54, 1.807) is 12.1 Å². The lowest BCUT2D eigenvalue weighted by Crippen LogP contribution is -2.40. The highest BCUT2D eigenvalue weighted by Crippen LogP contribution is 2.25. The fourth-order valence-electron chi connectivity index (χ4n) is 2.93. The van der Waals surface area contributed by atoms with Crippen molar-refractivity contribution in [2.24, 2.45) is 0 Å². The molecule has 1 fully saturated rings. The van der Waals surface area contributed by atoms with Gasteiger partial charge in [-0.05, 0) is 43.6 Å². The quantitative estimate of drug-likeness (QED) is 0.795. The molecule has 0 aromatic heterocycles. The molecule has 3 nitrogen and oxygen atoms in total. The van der Waals surface area contributed by atoms with E-state index in [0.29, 0.717) is 0 Å². The maximum atomic E-state index is 13.1. The Bertz CT molecular complexity index is 524. The predicted molar refractivity (Wildman–Crippen MR) is 82.9 cm³/mol. The molecule has 1 aliphatic heterocycles. The second-order valence-corrected chi connectivity index (χ2v) is 6.08. The van der Waals surface area contributed by atoms with E-state index in [2.05, 4.69) is 10.2 Å². The molecule has 0 radical (unpaired) electrons.